The highest BCUT2D eigenvalue weighted by atomic mass is 35.5. The first-order valence-electron chi connectivity index (χ1n) is 22.9. The summed E-state index contributed by atoms with van der Waals surface area (Å²) in [5.41, 5.74) is 2.66. The van der Waals surface area contributed by atoms with Crippen molar-refractivity contribution in [2.75, 3.05) is 50.4 Å². The van der Waals surface area contributed by atoms with Gasteiger partial charge in [0.2, 0.25) is 0 Å². The lowest BCUT2D eigenvalue weighted by atomic mass is 9.89. The average Bonchev–Trinajstić information content (AvgIpc) is 3.34. The largest absolute Gasteiger partial charge is 0.469 e. The van der Waals surface area contributed by atoms with Crippen molar-refractivity contribution in [1.82, 2.24) is 9.80 Å². The Morgan fingerprint density at radius 1 is 0.569 bits per heavy atom. The van der Waals surface area contributed by atoms with Crippen LogP contribution in [-0.2, 0) is 57.8 Å². The Balaban J connectivity index is 0.000000267. The van der Waals surface area contributed by atoms with Crippen molar-refractivity contribution >= 4 is 89.8 Å². The number of carbonyl (C=O) groups is 4. The van der Waals surface area contributed by atoms with Crippen LogP contribution in [0, 0.1) is 0 Å². The number of ether oxygens (including phenoxy) is 4. The van der Waals surface area contributed by atoms with Crippen LogP contribution in [0.25, 0.3) is 0 Å². The minimum atomic E-state index is -3.68. The molecule has 0 bridgehead atoms. The number of hydrogen-bond acceptors (Lipinski definition) is 14. The molecule has 2 heterocycles. The predicted octanol–water partition coefficient (Wildman–Crippen LogP) is 7.50. The second kappa shape index (κ2) is 26.7. The number of hydrogen-bond donors (Lipinski definition) is 2. The third-order valence-electron chi connectivity index (χ3n) is 12.2. The zero-order chi connectivity index (χ0) is 52.9. The first-order chi connectivity index (χ1) is 34.2. The molecule has 2 fully saturated rings. The van der Waals surface area contributed by atoms with E-state index in [0.717, 1.165) is 0 Å². The number of halogens is 4. The van der Waals surface area contributed by atoms with Crippen molar-refractivity contribution in [3.05, 3.63) is 139 Å². The summed E-state index contributed by atoms with van der Waals surface area (Å²) in [4.78, 5) is 54.9. The van der Waals surface area contributed by atoms with E-state index in [9.17, 15) is 46.2 Å². The van der Waals surface area contributed by atoms with Crippen LogP contribution in [-0.4, -0.2) is 135 Å². The molecule has 0 radical (unpaired) electrons. The topological polar surface area (TPSA) is 220 Å². The molecule has 2 saturated heterocycles. The Morgan fingerprint density at radius 2 is 0.917 bits per heavy atom. The van der Waals surface area contributed by atoms with E-state index < -0.39 is 117 Å². The fraction of sp³-hybridized carbons (Fsp3) is 0.440. The number of carbonyl (C=O) groups excluding carboxylic acids is 4. The zero-order valence-corrected chi connectivity index (χ0v) is 44.6. The number of rotatable bonds is 20. The number of amides is 2. The smallest absolute Gasteiger partial charge is 0.308 e. The monoisotopic (exact) mass is 1110 g/mol. The molecule has 2 aliphatic heterocycles. The fourth-order valence-corrected chi connectivity index (χ4v) is 12.3. The van der Waals surface area contributed by atoms with Crippen LogP contribution in [0.4, 0.5) is 0 Å². The van der Waals surface area contributed by atoms with Gasteiger partial charge in [-0.3, -0.25) is 19.2 Å². The molecule has 72 heavy (non-hydrogen) atoms. The third-order valence-corrected chi connectivity index (χ3v) is 16.6. The lowest BCUT2D eigenvalue weighted by Gasteiger charge is -2.48. The third kappa shape index (κ3) is 15.4. The van der Waals surface area contributed by atoms with Crippen molar-refractivity contribution in [1.29, 1.82) is 0 Å². The normalized spacial score (nSPS) is 21.3. The van der Waals surface area contributed by atoms with Gasteiger partial charge in [-0.15, -0.1) is 0 Å². The molecule has 0 saturated carbocycles. The molecule has 0 aromatic heterocycles. The summed E-state index contributed by atoms with van der Waals surface area (Å²) in [5, 5.41) is 20.4. The maximum atomic E-state index is 13.8. The Labute approximate surface area is 440 Å². The van der Waals surface area contributed by atoms with E-state index in [2.05, 4.69) is 0 Å². The van der Waals surface area contributed by atoms with Gasteiger partial charge in [0.1, 0.15) is 24.4 Å². The van der Waals surface area contributed by atoms with Crippen LogP contribution in [0.3, 0.4) is 0 Å². The van der Waals surface area contributed by atoms with Gasteiger partial charge in [-0.2, -0.15) is 0 Å². The van der Waals surface area contributed by atoms with E-state index in [0.29, 0.717) is 55.2 Å². The van der Waals surface area contributed by atoms with E-state index in [-0.39, 0.29) is 24.3 Å². The van der Waals surface area contributed by atoms with Crippen LogP contribution >= 0.6 is 46.4 Å². The first kappa shape index (κ1) is 58.5. The first-order valence-corrected chi connectivity index (χ1v) is 28.1. The van der Waals surface area contributed by atoms with Gasteiger partial charge in [0, 0.05) is 32.2 Å². The van der Waals surface area contributed by atoms with Gasteiger partial charge < -0.3 is 39.0 Å². The van der Waals surface area contributed by atoms with Crippen LogP contribution in [0.5, 0.6) is 0 Å². The van der Waals surface area contributed by atoms with E-state index in [1.165, 1.54) is 24.0 Å². The molecule has 2 aliphatic rings. The Morgan fingerprint density at radius 3 is 1.21 bits per heavy atom. The molecule has 8 atom stereocenters. The van der Waals surface area contributed by atoms with E-state index >= 15 is 0 Å². The standard InChI is InChI=1S/2C25H29Cl2NO7S/c2*1-3-20(15-36(32,33)12-11-29)28-23(16-7-9-18(26)10-8-16)24(17-5-4-6-19(27)13-17)35-21(25(28)31)14-22(30)34-2/h2*4-10,13,20-21,23-24,29H,3,11-12,14-15H2,1-2H3/t20-,21+,23+,24+;20-,21-,23+,24+/m00/s1. The Kier molecular flexibility index (Phi) is 21.7. The van der Waals surface area contributed by atoms with Gasteiger partial charge in [0.25, 0.3) is 11.8 Å². The Hall–Kier alpha value is -4.34. The number of aliphatic hydroxyl groups excluding tert-OH is 2. The average molecular weight is 1120 g/mol. The van der Waals surface area contributed by atoms with Crippen molar-refractivity contribution in [2.24, 2.45) is 0 Å². The molecule has 2 N–H and O–H groups in total. The second-order valence-corrected chi connectivity index (χ2v) is 23.2. The van der Waals surface area contributed by atoms with E-state index in [4.69, 9.17) is 65.4 Å². The summed E-state index contributed by atoms with van der Waals surface area (Å²) in [7, 11) is -4.93. The minimum absolute atomic E-state index is 0.313. The lowest BCUT2D eigenvalue weighted by molar-refractivity contribution is -0.183. The molecule has 22 heteroatoms. The maximum absolute atomic E-state index is 13.8. The number of morpholine rings is 2. The summed E-state index contributed by atoms with van der Waals surface area (Å²) in [6, 6.07) is 24.7. The summed E-state index contributed by atoms with van der Waals surface area (Å²) >= 11 is 24.8. The number of aliphatic hydroxyl groups is 2. The molecular formula is C50H58Cl4N2O14S2. The molecule has 4 aromatic carbocycles. The van der Waals surface area contributed by atoms with Gasteiger partial charge in [0.15, 0.2) is 19.7 Å². The fourth-order valence-electron chi connectivity index (χ4n) is 8.77. The highest BCUT2D eigenvalue weighted by Crippen LogP contribution is 2.46. The summed E-state index contributed by atoms with van der Waals surface area (Å²) in [6.07, 6.45) is -3.98. The highest BCUT2D eigenvalue weighted by Gasteiger charge is 2.49. The molecule has 16 nitrogen and oxygen atoms in total. The second-order valence-electron chi connectivity index (χ2n) is 17.0. The van der Waals surface area contributed by atoms with E-state index in [1.807, 2.05) is 0 Å². The van der Waals surface area contributed by atoms with Crippen molar-refractivity contribution in [3.8, 4) is 0 Å². The molecular weight excluding hydrogens is 1060 g/mol. The molecule has 6 rings (SSSR count). The summed E-state index contributed by atoms with van der Waals surface area (Å²) in [5.74, 6) is -3.86. The van der Waals surface area contributed by atoms with Crippen molar-refractivity contribution in [3.63, 3.8) is 0 Å². The quantitative estimate of drug-likeness (QED) is 0.0819. The molecule has 0 spiro atoms. The maximum Gasteiger partial charge on any atom is 0.308 e. The Bertz CT molecular complexity index is 2530. The number of benzene rings is 4. The van der Waals surface area contributed by atoms with Gasteiger partial charge in [0.05, 0.1) is 75.4 Å². The molecule has 392 valence electrons. The predicted molar refractivity (Wildman–Crippen MR) is 273 cm³/mol. The minimum Gasteiger partial charge on any atom is -0.469 e. The zero-order valence-electron chi connectivity index (χ0n) is 39.9. The van der Waals surface area contributed by atoms with Crippen LogP contribution in [0.1, 0.15) is 86.1 Å². The van der Waals surface area contributed by atoms with Crippen LogP contribution in [0.15, 0.2) is 97.1 Å². The number of methoxy groups -OCH3 is 2. The lowest BCUT2D eigenvalue weighted by Crippen LogP contribution is -2.56. The van der Waals surface area contributed by atoms with Gasteiger partial charge >= 0.3 is 11.9 Å². The van der Waals surface area contributed by atoms with Crippen LogP contribution < -0.4 is 0 Å². The number of nitrogens with zero attached hydrogens (tertiary/aromatic N) is 2. The number of esters is 2. The van der Waals surface area contributed by atoms with Crippen molar-refractivity contribution in [2.45, 2.75) is 88.1 Å². The van der Waals surface area contributed by atoms with Crippen LogP contribution in [0.2, 0.25) is 20.1 Å². The van der Waals surface area contributed by atoms with Crippen molar-refractivity contribution < 1.29 is 65.2 Å². The SMILES string of the molecule is CC[C@@H](CS(=O)(=O)CCO)N1C(=O)[C@@H](CC(=O)OC)O[C@H](c2cccc(Cl)c2)[C@H]1c1ccc(Cl)cc1.CC[C@@H](CS(=O)(=O)CCO)N1C(=O)[C@H](CC(=O)OC)O[C@H](c2cccc(Cl)c2)[C@H]1c1ccc(Cl)cc1. The molecule has 4 aromatic rings. The summed E-state index contributed by atoms with van der Waals surface area (Å²) in [6.45, 7) is 2.52. The highest BCUT2D eigenvalue weighted by molar-refractivity contribution is 7.91. The van der Waals surface area contributed by atoms with Gasteiger partial charge in [-0.25, -0.2) is 16.8 Å². The van der Waals surface area contributed by atoms with E-state index in [1.54, 1.807) is 111 Å². The summed E-state index contributed by atoms with van der Waals surface area (Å²) < 4.78 is 72.8. The molecule has 0 aliphatic carbocycles. The number of sulfone groups is 2. The molecule has 2 amide bonds. The van der Waals surface area contributed by atoms with Gasteiger partial charge in [-0.05, 0) is 83.6 Å². The van der Waals surface area contributed by atoms with Gasteiger partial charge in [-0.1, -0.05) is 109 Å². The molecule has 0 unspecified atom stereocenters.